The van der Waals surface area contributed by atoms with Gasteiger partial charge in [-0.05, 0) is 25.1 Å². The molecule has 124 valence electrons. The van der Waals surface area contributed by atoms with Crippen molar-refractivity contribution in [3.8, 4) is 17.0 Å². The highest BCUT2D eigenvalue weighted by molar-refractivity contribution is 5.74. The predicted octanol–water partition coefficient (Wildman–Crippen LogP) is 3.21. The molecular weight excluding hydrogens is 288 g/mol. The highest BCUT2D eigenvalue weighted by atomic mass is 16.5. The Balaban J connectivity index is 2.46. The summed E-state index contributed by atoms with van der Waals surface area (Å²) in [5.41, 5.74) is 8.28. The van der Waals surface area contributed by atoms with Crippen LogP contribution in [-0.4, -0.2) is 30.2 Å². The molecule has 3 N–H and O–H groups in total. The average Bonchev–Trinajstić information content (AvgIpc) is 2.54. The lowest BCUT2D eigenvalue weighted by molar-refractivity contribution is 0.415. The van der Waals surface area contributed by atoms with Gasteiger partial charge in [0.05, 0.1) is 24.7 Å². The van der Waals surface area contributed by atoms with Crippen LogP contribution in [0.2, 0.25) is 0 Å². The third-order valence-electron chi connectivity index (χ3n) is 3.50. The summed E-state index contributed by atoms with van der Waals surface area (Å²) in [5, 5.41) is 3.38. The molecule has 0 aliphatic rings. The maximum absolute atomic E-state index is 5.57. The minimum atomic E-state index is -0.108. The summed E-state index contributed by atoms with van der Waals surface area (Å²) < 4.78 is 5.33. The summed E-state index contributed by atoms with van der Waals surface area (Å²) in [6.45, 7) is 7.78. The molecule has 1 aromatic heterocycles. The number of nitrogens with zero attached hydrogens (tertiary/aromatic N) is 2. The summed E-state index contributed by atoms with van der Waals surface area (Å²) in [4.78, 5) is 9.33. The molecule has 1 aromatic carbocycles. The fraction of sp³-hybridized carbons (Fsp3) is 0.444. The molecule has 0 aliphatic heterocycles. The van der Waals surface area contributed by atoms with Crippen LogP contribution in [-0.2, 0) is 5.41 Å². The Morgan fingerprint density at radius 2 is 2.04 bits per heavy atom. The van der Waals surface area contributed by atoms with Crippen molar-refractivity contribution < 1.29 is 4.74 Å². The monoisotopic (exact) mass is 314 g/mol. The van der Waals surface area contributed by atoms with Crippen LogP contribution in [0.15, 0.2) is 30.5 Å². The minimum Gasteiger partial charge on any atom is -0.497 e. The molecule has 0 bridgehead atoms. The Bertz CT molecular complexity index is 650. The van der Waals surface area contributed by atoms with Crippen molar-refractivity contribution in [1.82, 2.24) is 9.97 Å². The van der Waals surface area contributed by atoms with E-state index in [1.165, 1.54) is 0 Å². The molecule has 0 saturated heterocycles. The molecule has 2 rings (SSSR count). The largest absolute Gasteiger partial charge is 0.497 e. The molecule has 0 unspecified atom stereocenters. The van der Waals surface area contributed by atoms with Gasteiger partial charge in [0.1, 0.15) is 11.6 Å². The molecule has 0 atom stereocenters. The van der Waals surface area contributed by atoms with Crippen molar-refractivity contribution in [3.05, 3.63) is 36.3 Å². The number of nitrogens with one attached hydrogen (secondary N) is 1. The second-order valence-electron chi connectivity index (χ2n) is 6.51. The van der Waals surface area contributed by atoms with Crippen molar-refractivity contribution in [2.75, 3.05) is 25.5 Å². The molecule has 0 saturated carbocycles. The molecule has 0 amide bonds. The van der Waals surface area contributed by atoms with Crippen molar-refractivity contribution in [2.24, 2.45) is 5.73 Å². The molecule has 0 aliphatic carbocycles. The van der Waals surface area contributed by atoms with Crippen molar-refractivity contribution >= 4 is 5.69 Å². The number of benzene rings is 1. The van der Waals surface area contributed by atoms with Gasteiger partial charge in [0.2, 0.25) is 0 Å². The van der Waals surface area contributed by atoms with E-state index in [1.54, 1.807) is 7.11 Å². The lowest BCUT2D eigenvalue weighted by Gasteiger charge is -2.19. The van der Waals surface area contributed by atoms with Crippen LogP contribution in [0.4, 0.5) is 5.69 Å². The maximum atomic E-state index is 5.57. The Labute approximate surface area is 138 Å². The Hall–Kier alpha value is -2.14. The number of hydrogen-bond acceptors (Lipinski definition) is 5. The van der Waals surface area contributed by atoms with E-state index in [2.05, 4.69) is 31.1 Å². The smallest absolute Gasteiger partial charge is 0.134 e. The first-order valence-electron chi connectivity index (χ1n) is 7.91. The minimum absolute atomic E-state index is 0.108. The van der Waals surface area contributed by atoms with E-state index in [4.69, 9.17) is 15.5 Å². The maximum Gasteiger partial charge on any atom is 0.134 e. The molecular formula is C18H26N4O. The van der Waals surface area contributed by atoms with Crippen LogP contribution in [0.1, 0.15) is 33.0 Å². The third-order valence-corrected chi connectivity index (χ3v) is 3.50. The quantitative estimate of drug-likeness (QED) is 0.801. The van der Waals surface area contributed by atoms with Crippen molar-refractivity contribution in [3.63, 3.8) is 0 Å². The third kappa shape index (κ3) is 4.42. The number of hydrogen-bond donors (Lipinski definition) is 2. The Kier molecular flexibility index (Phi) is 5.55. The van der Waals surface area contributed by atoms with Gasteiger partial charge in [0, 0.05) is 17.5 Å². The van der Waals surface area contributed by atoms with Crippen LogP contribution in [0.5, 0.6) is 5.75 Å². The van der Waals surface area contributed by atoms with E-state index in [0.717, 1.165) is 41.5 Å². The summed E-state index contributed by atoms with van der Waals surface area (Å²) in [6.07, 6.45) is 2.76. The fourth-order valence-corrected chi connectivity index (χ4v) is 2.19. The number of ether oxygens (including phenoxy) is 1. The fourth-order valence-electron chi connectivity index (χ4n) is 2.19. The Morgan fingerprint density at radius 1 is 1.26 bits per heavy atom. The van der Waals surface area contributed by atoms with Crippen molar-refractivity contribution in [1.29, 1.82) is 0 Å². The molecule has 5 nitrogen and oxygen atoms in total. The molecule has 1 heterocycles. The van der Waals surface area contributed by atoms with Crippen LogP contribution in [0, 0.1) is 0 Å². The molecule has 2 aromatic rings. The van der Waals surface area contributed by atoms with Gasteiger partial charge in [0.25, 0.3) is 0 Å². The summed E-state index contributed by atoms with van der Waals surface area (Å²) in [7, 11) is 1.67. The van der Waals surface area contributed by atoms with E-state index in [-0.39, 0.29) is 5.41 Å². The summed E-state index contributed by atoms with van der Waals surface area (Å²) >= 11 is 0. The molecule has 0 radical (unpaired) electrons. The second-order valence-corrected chi connectivity index (χ2v) is 6.51. The number of nitrogens with two attached hydrogens (primary N) is 1. The molecule has 0 spiro atoms. The normalized spacial score (nSPS) is 11.3. The highest BCUT2D eigenvalue weighted by Gasteiger charge is 2.20. The van der Waals surface area contributed by atoms with E-state index in [9.17, 15) is 0 Å². The van der Waals surface area contributed by atoms with Crippen LogP contribution in [0.3, 0.4) is 0 Å². The van der Waals surface area contributed by atoms with E-state index in [0.29, 0.717) is 6.54 Å². The van der Waals surface area contributed by atoms with E-state index in [1.807, 2.05) is 30.5 Å². The second kappa shape index (κ2) is 7.42. The van der Waals surface area contributed by atoms with Crippen LogP contribution < -0.4 is 15.8 Å². The van der Waals surface area contributed by atoms with Gasteiger partial charge < -0.3 is 15.8 Å². The van der Waals surface area contributed by atoms with Crippen LogP contribution >= 0.6 is 0 Å². The number of rotatable bonds is 6. The van der Waals surface area contributed by atoms with Gasteiger partial charge >= 0.3 is 0 Å². The number of aromatic nitrogens is 2. The van der Waals surface area contributed by atoms with Gasteiger partial charge in [0.15, 0.2) is 0 Å². The molecule has 0 fully saturated rings. The average molecular weight is 314 g/mol. The van der Waals surface area contributed by atoms with E-state index < -0.39 is 0 Å². The SMILES string of the molecule is COc1cccc(-c2nc(C(C)(C)C)ncc2NCCCN)c1. The first-order valence-corrected chi connectivity index (χ1v) is 7.91. The van der Waals surface area contributed by atoms with Gasteiger partial charge in [-0.25, -0.2) is 9.97 Å². The van der Waals surface area contributed by atoms with Gasteiger partial charge in [-0.15, -0.1) is 0 Å². The summed E-state index contributed by atoms with van der Waals surface area (Å²) in [5.74, 6) is 1.63. The van der Waals surface area contributed by atoms with Crippen molar-refractivity contribution in [2.45, 2.75) is 32.6 Å². The summed E-state index contributed by atoms with van der Waals surface area (Å²) in [6, 6.07) is 7.92. The standard InChI is InChI=1S/C18H26N4O/c1-18(2,3)17-21-12-15(20-10-6-9-19)16(22-17)13-7-5-8-14(11-13)23-4/h5,7-8,11-12,20H,6,9-10,19H2,1-4H3. The first kappa shape index (κ1) is 17.2. The zero-order valence-corrected chi connectivity index (χ0v) is 14.4. The first-order chi connectivity index (χ1) is 11.0. The number of anilines is 1. The van der Waals surface area contributed by atoms with Gasteiger partial charge in [-0.3, -0.25) is 0 Å². The highest BCUT2D eigenvalue weighted by Crippen LogP contribution is 2.30. The lowest BCUT2D eigenvalue weighted by Crippen LogP contribution is -2.17. The molecule has 5 heteroatoms. The molecule has 23 heavy (non-hydrogen) atoms. The lowest BCUT2D eigenvalue weighted by atomic mass is 9.95. The zero-order chi connectivity index (χ0) is 16.9. The predicted molar refractivity (Wildman–Crippen MR) is 94.9 cm³/mol. The van der Waals surface area contributed by atoms with E-state index >= 15 is 0 Å². The number of methoxy groups -OCH3 is 1. The van der Waals surface area contributed by atoms with Crippen LogP contribution in [0.25, 0.3) is 11.3 Å². The van der Waals surface area contributed by atoms with Gasteiger partial charge in [-0.1, -0.05) is 32.9 Å². The van der Waals surface area contributed by atoms with Gasteiger partial charge in [-0.2, -0.15) is 0 Å². The Morgan fingerprint density at radius 3 is 2.70 bits per heavy atom. The zero-order valence-electron chi connectivity index (χ0n) is 14.4. The topological polar surface area (TPSA) is 73.1 Å².